The van der Waals surface area contributed by atoms with Gasteiger partial charge in [-0.15, -0.1) is 0 Å². The topological polar surface area (TPSA) is 124 Å². The number of benzene rings is 1. The lowest BCUT2D eigenvalue weighted by molar-refractivity contribution is 0.0987. The third-order valence-electron chi connectivity index (χ3n) is 3.09. The van der Waals surface area contributed by atoms with Gasteiger partial charge in [0.2, 0.25) is 5.89 Å². The third kappa shape index (κ3) is 2.14. The number of primary amides is 1. The number of para-hydroxylation sites is 1. The number of amides is 1. The summed E-state index contributed by atoms with van der Waals surface area (Å²) < 4.78 is 4.95. The average Bonchev–Trinajstić information content (AvgIpc) is 3.06. The summed E-state index contributed by atoms with van der Waals surface area (Å²) in [5, 5.41) is 4.57. The Balaban J connectivity index is 1.84. The van der Waals surface area contributed by atoms with Crippen molar-refractivity contribution in [3.8, 4) is 0 Å². The summed E-state index contributed by atoms with van der Waals surface area (Å²) >= 11 is 0. The summed E-state index contributed by atoms with van der Waals surface area (Å²) in [5.41, 5.74) is 13.2. The molecule has 2 heterocycles. The monoisotopic (exact) mass is 271 g/mol. The van der Waals surface area contributed by atoms with Crippen LogP contribution in [-0.4, -0.2) is 21.0 Å². The van der Waals surface area contributed by atoms with E-state index in [1.165, 1.54) is 0 Å². The number of carbonyl (C=O) groups excluding carboxylic acids is 1. The van der Waals surface area contributed by atoms with Crippen molar-refractivity contribution in [3.63, 3.8) is 0 Å². The molecule has 3 aromatic rings. The number of nitrogens with zero attached hydrogens (tertiary/aromatic N) is 2. The molecule has 20 heavy (non-hydrogen) atoms. The van der Waals surface area contributed by atoms with Crippen molar-refractivity contribution in [1.29, 1.82) is 0 Å². The van der Waals surface area contributed by atoms with Crippen LogP contribution >= 0.6 is 0 Å². The van der Waals surface area contributed by atoms with Gasteiger partial charge in [-0.3, -0.25) is 4.79 Å². The molecule has 0 fully saturated rings. The molecule has 0 bridgehead atoms. The number of carbonyl (C=O) groups is 1. The fraction of sp³-hybridized carbons (Fsp3) is 0.154. The molecule has 0 aliphatic rings. The zero-order valence-electron chi connectivity index (χ0n) is 10.5. The molecule has 2 aromatic heterocycles. The number of nitrogens with one attached hydrogen (secondary N) is 1. The number of rotatable bonds is 4. The highest BCUT2D eigenvalue weighted by Crippen LogP contribution is 2.22. The minimum absolute atomic E-state index is 0.158. The predicted octanol–water partition coefficient (Wildman–Crippen LogP) is 0.892. The first-order valence-electron chi connectivity index (χ1n) is 6.09. The molecule has 0 unspecified atom stereocenters. The summed E-state index contributed by atoms with van der Waals surface area (Å²) in [5.74, 6) is -0.697. The van der Waals surface area contributed by atoms with Gasteiger partial charge in [0, 0.05) is 17.1 Å². The summed E-state index contributed by atoms with van der Waals surface area (Å²) in [6, 6.07) is 7.43. The maximum Gasteiger partial charge on any atom is 0.290 e. The Morgan fingerprint density at radius 2 is 2.20 bits per heavy atom. The van der Waals surface area contributed by atoms with Crippen molar-refractivity contribution in [1.82, 2.24) is 15.1 Å². The van der Waals surface area contributed by atoms with Crippen molar-refractivity contribution in [2.75, 3.05) is 0 Å². The predicted molar refractivity (Wildman–Crippen MR) is 71.7 cm³/mol. The fourth-order valence-corrected chi connectivity index (χ4v) is 2.11. The van der Waals surface area contributed by atoms with Crippen molar-refractivity contribution in [2.24, 2.45) is 11.5 Å². The molecule has 7 nitrogen and oxygen atoms in total. The Labute approximate surface area is 114 Å². The van der Waals surface area contributed by atoms with Gasteiger partial charge in [-0.05, 0) is 18.1 Å². The van der Waals surface area contributed by atoms with Gasteiger partial charge in [-0.1, -0.05) is 23.4 Å². The van der Waals surface area contributed by atoms with Crippen LogP contribution < -0.4 is 11.5 Å². The van der Waals surface area contributed by atoms with Crippen molar-refractivity contribution < 1.29 is 9.32 Å². The molecule has 102 valence electrons. The van der Waals surface area contributed by atoms with E-state index >= 15 is 0 Å². The van der Waals surface area contributed by atoms with Crippen LogP contribution in [0.1, 0.15) is 28.1 Å². The first-order valence-corrected chi connectivity index (χ1v) is 6.09. The molecule has 0 spiro atoms. The van der Waals surface area contributed by atoms with Crippen LogP contribution in [-0.2, 0) is 6.42 Å². The van der Waals surface area contributed by atoms with Gasteiger partial charge in [0.25, 0.3) is 11.7 Å². The number of nitrogens with two attached hydrogens (primary N) is 2. The second-order valence-corrected chi connectivity index (χ2v) is 4.49. The lowest BCUT2D eigenvalue weighted by Gasteiger charge is -2.05. The van der Waals surface area contributed by atoms with Crippen LogP contribution in [0.4, 0.5) is 0 Å². The van der Waals surface area contributed by atoms with E-state index in [4.69, 9.17) is 16.0 Å². The van der Waals surface area contributed by atoms with Crippen LogP contribution in [0.5, 0.6) is 0 Å². The zero-order chi connectivity index (χ0) is 14.1. The number of aromatic amines is 1. The van der Waals surface area contributed by atoms with Crippen LogP contribution in [0.15, 0.2) is 35.0 Å². The molecule has 0 saturated carbocycles. The second kappa shape index (κ2) is 4.78. The first-order chi connectivity index (χ1) is 9.65. The number of hydrogen-bond acceptors (Lipinski definition) is 5. The van der Waals surface area contributed by atoms with Crippen molar-refractivity contribution >= 4 is 16.8 Å². The van der Waals surface area contributed by atoms with E-state index in [1.54, 1.807) is 0 Å². The molecular formula is C13H13N5O2. The Hall–Kier alpha value is -2.67. The van der Waals surface area contributed by atoms with Gasteiger partial charge in [0.15, 0.2) is 0 Å². The normalized spacial score (nSPS) is 12.7. The van der Waals surface area contributed by atoms with Crippen LogP contribution in [0.25, 0.3) is 10.9 Å². The number of hydrogen-bond donors (Lipinski definition) is 3. The van der Waals surface area contributed by atoms with Crippen molar-refractivity contribution in [3.05, 3.63) is 47.7 Å². The number of fused-ring (bicyclic) bond motifs is 1. The summed E-state index contributed by atoms with van der Waals surface area (Å²) in [4.78, 5) is 18.0. The third-order valence-corrected chi connectivity index (χ3v) is 3.09. The SMILES string of the molecule is NC(=O)c1noc([C@@H](N)Cc2c[nH]c3ccccc23)n1. The molecule has 7 heteroatoms. The maximum absolute atomic E-state index is 10.9. The van der Waals surface area contributed by atoms with E-state index in [9.17, 15) is 4.79 Å². The Morgan fingerprint density at radius 3 is 2.95 bits per heavy atom. The molecule has 1 aromatic carbocycles. The highest BCUT2D eigenvalue weighted by atomic mass is 16.5. The highest BCUT2D eigenvalue weighted by molar-refractivity contribution is 5.88. The van der Waals surface area contributed by atoms with E-state index < -0.39 is 11.9 Å². The second-order valence-electron chi connectivity index (χ2n) is 4.49. The molecule has 5 N–H and O–H groups in total. The Morgan fingerprint density at radius 1 is 1.40 bits per heavy atom. The van der Waals surface area contributed by atoms with Gasteiger partial charge in [0.1, 0.15) is 0 Å². The van der Waals surface area contributed by atoms with Gasteiger partial charge < -0.3 is 21.0 Å². The van der Waals surface area contributed by atoms with E-state index in [-0.39, 0.29) is 11.7 Å². The summed E-state index contributed by atoms with van der Waals surface area (Å²) in [6.07, 6.45) is 2.42. The van der Waals surface area contributed by atoms with Gasteiger partial charge >= 0.3 is 0 Å². The van der Waals surface area contributed by atoms with E-state index in [2.05, 4.69) is 15.1 Å². The van der Waals surface area contributed by atoms with E-state index in [0.29, 0.717) is 6.42 Å². The lowest BCUT2D eigenvalue weighted by Crippen LogP contribution is -2.16. The van der Waals surface area contributed by atoms with Crippen LogP contribution in [0.2, 0.25) is 0 Å². The molecule has 3 rings (SSSR count). The minimum atomic E-state index is -0.737. The fourth-order valence-electron chi connectivity index (χ4n) is 2.11. The van der Waals surface area contributed by atoms with E-state index in [1.807, 2.05) is 30.5 Å². The largest absolute Gasteiger partial charge is 0.363 e. The van der Waals surface area contributed by atoms with Crippen LogP contribution in [0, 0.1) is 0 Å². The number of aromatic nitrogens is 3. The van der Waals surface area contributed by atoms with Gasteiger partial charge in [0.05, 0.1) is 6.04 Å². The lowest BCUT2D eigenvalue weighted by atomic mass is 10.1. The number of H-pyrrole nitrogens is 1. The molecular weight excluding hydrogens is 258 g/mol. The summed E-state index contributed by atoms with van der Waals surface area (Å²) in [7, 11) is 0. The molecule has 1 atom stereocenters. The molecule has 0 radical (unpaired) electrons. The van der Waals surface area contributed by atoms with Crippen molar-refractivity contribution in [2.45, 2.75) is 12.5 Å². The van der Waals surface area contributed by atoms with Crippen LogP contribution in [0.3, 0.4) is 0 Å². The highest BCUT2D eigenvalue weighted by Gasteiger charge is 2.18. The molecule has 0 aliphatic heterocycles. The Bertz CT molecular complexity index is 761. The van der Waals surface area contributed by atoms with Gasteiger partial charge in [-0.2, -0.15) is 4.98 Å². The molecule has 0 aliphatic carbocycles. The maximum atomic E-state index is 10.9. The first kappa shape index (κ1) is 12.4. The quantitative estimate of drug-likeness (QED) is 0.650. The van der Waals surface area contributed by atoms with Gasteiger partial charge in [-0.25, -0.2) is 0 Å². The smallest absolute Gasteiger partial charge is 0.290 e. The Kier molecular flexibility index (Phi) is 2.96. The van der Waals surface area contributed by atoms with E-state index in [0.717, 1.165) is 16.5 Å². The molecule has 0 saturated heterocycles. The standard InChI is InChI=1S/C13H13N5O2/c14-9(13-17-12(11(15)19)18-20-13)5-7-6-16-10-4-2-1-3-8(7)10/h1-4,6,9,16H,5,14H2,(H2,15,19)/t9-/m0/s1. The zero-order valence-corrected chi connectivity index (χ0v) is 10.5. The minimum Gasteiger partial charge on any atom is -0.363 e. The average molecular weight is 271 g/mol. The molecule has 1 amide bonds. The summed E-state index contributed by atoms with van der Waals surface area (Å²) in [6.45, 7) is 0.